The van der Waals surface area contributed by atoms with E-state index in [0.717, 1.165) is 11.3 Å². The summed E-state index contributed by atoms with van der Waals surface area (Å²) >= 11 is 12.0. The molecule has 0 saturated carbocycles. The minimum absolute atomic E-state index is 0.285. The maximum absolute atomic E-state index is 12.2. The van der Waals surface area contributed by atoms with Gasteiger partial charge in [0.25, 0.3) is 5.91 Å². The fourth-order valence-corrected chi connectivity index (χ4v) is 2.26. The molecule has 0 atom stereocenters. The Balaban J connectivity index is 2.26. The maximum atomic E-state index is 12.2. The van der Waals surface area contributed by atoms with Crippen LogP contribution in [0.25, 0.3) is 0 Å². The van der Waals surface area contributed by atoms with E-state index in [1.807, 2.05) is 6.92 Å². The minimum atomic E-state index is -0.285. The number of para-hydroxylation sites is 1. The molecule has 0 spiro atoms. The molecule has 0 saturated heterocycles. The molecule has 0 unspecified atom stereocenters. The molecule has 0 heterocycles. The number of halogens is 2. The summed E-state index contributed by atoms with van der Waals surface area (Å²) < 4.78 is 0. The quantitative estimate of drug-likeness (QED) is 0.596. The van der Waals surface area contributed by atoms with Crippen molar-refractivity contribution in [2.75, 3.05) is 10.7 Å². The molecule has 1 amide bonds. The highest BCUT2D eigenvalue weighted by Crippen LogP contribution is 2.30. The molecule has 0 fully saturated rings. The summed E-state index contributed by atoms with van der Waals surface area (Å²) in [6, 6.07) is 10.2. The molecular formula is C14H13Cl2N3O. The van der Waals surface area contributed by atoms with Gasteiger partial charge in [0.05, 0.1) is 21.4 Å². The number of carbonyl (C=O) groups excluding carboxylic acids is 1. The zero-order chi connectivity index (χ0) is 14.7. The molecule has 2 rings (SSSR count). The number of hydrogen-bond acceptors (Lipinski definition) is 3. The van der Waals surface area contributed by atoms with Gasteiger partial charge in [-0.05, 0) is 42.8 Å². The van der Waals surface area contributed by atoms with Gasteiger partial charge >= 0.3 is 0 Å². The number of rotatable bonds is 3. The van der Waals surface area contributed by atoms with Crippen molar-refractivity contribution < 1.29 is 4.79 Å². The van der Waals surface area contributed by atoms with Crippen LogP contribution in [0.4, 0.5) is 11.4 Å². The van der Waals surface area contributed by atoms with E-state index < -0.39 is 0 Å². The van der Waals surface area contributed by atoms with Gasteiger partial charge in [0.15, 0.2) is 0 Å². The third kappa shape index (κ3) is 3.04. The number of nitrogens with two attached hydrogens (primary N) is 1. The summed E-state index contributed by atoms with van der Waals surface area (Å²) in [7, 11) is 0. The van der Waals surface area contributed by atoms with E-state index in [1.165, 1.54) is 0 Å². The van der Waals surface area contributed by atoms with Crippen LogP contribution in [0, 0.1) is 6.92 Å². The minimum Gasteiger partial charge on any atom is -0.324 e. The Morgan fingerprint density at radius 2 is 1.80 bits per heavy atom. The zero-order valence-corrected chi connectivity index (χ0v) is 12.2. The van der Waals surface area contributed by atoms with Gasteiger partial charge in [0.1, 0.15) is 0 Å². The highest BCUT2D eigenvalue weighted by Gasteiger charge is 2.12. The second-order valence-corrected chi connectivity index (χ2v) is 5.04. The van der Waals surface area contributed by atoms with Crippen molar-refractivity contribution in [2.24, 2.45) is 5.84 Å². The van der Waals surface area contributed by atoms with Crippen molar-refractivity contribution in [1.29, 1.82) is 0 Å². The lowest BCUT2D eigenvalue weighted by atomic mass is 10.1. The van der Waals surface area contributed by atoms with Crippen LogP contribution in [0.5, 0.6) is 0 Å². The Hall–Kier alpha value is -1.75. The third-order valence-electron chi connectivity index (χ3n) is 2.85. The number of nitrogens with one attached hydrogen (secondary N) is 2. The van der Waals surface area contributed by atoms with Crippen LogP contribution in [-0.2, 0) is 0 Å². The molecule has 0 aromatic heterocycles. The van der Waals surface area contributed by atoms with Crippen LogP contribution in [-0.4, -0.2) is 5.91 Å². The van der Waals surface area contributed by atoms with E-state index in [0.29, 0.717) is 21.3 Å². The van der Waals surface area contributed by atoms with Gasteiger partial charge in [-0.3, -0.25) is 10.6 Å². The van der Waals surface area contributed by atoms with E-state index in [-0.39, 0.29) is 5.91 Å². The second kappa shape index (κ2) is 6.13. The summed E-state index contributed by atoms with van der Waals surface area (Å²) in [6.07, 6.45) is 0. The first kappa shape index (κ1) is 14.7. The monoisotopic (exact) mass is 309 g/mol. The predicted octanol–water partition coefficient (Wildman–Crippen LogP) is 3.84. The van der Waals surface area contributed by atoms with E-state index in [4.69, 9.17) is 29.0 Å². The Kier molecular flexibility index (Phi) is 4.49. The summed E-state index contributed by atoms with van der Waals surface area (Å²) in [5, 5.41) is 3.49. The molecule has 104 valence electrons. The average Bonchev–Trinajstić information content (AvgIpc) is 2.42. The highest BCUT2D eigenvalue weighted by atomic mass is 35.5. The van der Waals surface area contributed by atoms with Crippen LogP contribution in [0.1, 0.15) is 15.9 Å². The van der Waals surface area contributed by atoms with Gasteiger partial charge in [0, 0.05) is 5.56 Å². The number of benzene rings is 2. The number of carbonyl (C=O) groups is 1. The molecular weight excluding hydrogens is 297 g/mol. The maximum Gasteiger partial charge on any atom is 0.255 e. The van der Waals surface area contributed by atoms with E-state index in [9.17, 15) is 4.79 Å². The predicted molar refractivity (Wildman–Crippen MR) is 83.4 cm³/mol. The van der Waals surface area contributed by atoms with Crippen molar-refractivity contribution in [3.8, 4) is 0 Å². The van der Waals surface area contributed by atoms with Gasteiger partial charge in [0.2, 0.25) is 0 Å². The first-order valence-electron chi connectivity index (χ1n) is 5.85. The molecule has 0 aliphatic heterocycles. The summed E-state index contributed by atoms with van der Waals surface area (Å²) in [6.45, 7) is 1.86. The van der Waals surface area contributed by atoms with E-state index >= 15 is 0 Å². The molecule has 2 aromatic rings. The smallest absolute Gasteiger partial charge is 0.255 e. The average molecular weight is 310 g/mol. The van der Waals surface area contributed by atoms with E-state index in [1.54, 1.807) is 36.4 Å². The first-order valence-corrected chi connectivity index (χ1v) is 6.61. The van der Waals surface area contributed by atoms with Crippen molar-refractivity contribution in [1.82, 2.24) is 0 Å². The molecule has 0 aliphatic carbocycles. The third-order valence-corrected chi connectivity index (χ3v) is 3.48. The van der Waals surface area contributed by atoms with Crippen LogP contribution < -0.4 is 16.6 Å². The van der Waals surface area contributed by atoms with Crippen LogP contribution in [0.2, 0.25) is 10.0 Å². The van der Waals surface area contributed by atoms with Crippen LogP contribution >= 0.6 is 23.2 Å². The van der Waals surface area contributed by atoms with Gasteiger partial charge < -0.3 is 10.7 Å². The van der Waals surface area contributed by atoms with Gasteiger partial charge in [-0.15, -0.1) is 0 Å². The number of amides is 1. The number of nitrogen functional groups attached to an aromatic ring is 1. The number of hydrogen-bond donors (Lipinski definition) is 3. The Morgan fingerprint density at radius 1 is 1.15 bits per heavy atom. The largest absolute Gasteiger partial charge is 0.324 e. The standard InChI is InChI=1S/C14H13Cl2N3O/c1-8-7-9(5-6-12(8)19-17)14(20)18-13-10(15)3-2-4-11(13)16/h2-7,19H,17H2,1H3,(H,18,20). The second-order valence-electron chi connectivity index (χ2n) is 4.22. The fourth-order valence-electron chi connectivity index (χ4n) is 1.77. The topological polar surface area (TPSA) is 67.2 Å². The molecule has 2 aromatic carbocycles. The zero-order valence-electron chi connectivity index (χ0n) is 10.7. The molecule has 6 heteroatoms. The van der Waals surface area contributed by atoms with Crippen molar-refractivity contribution in [3.63, 3.8) is 0 Å². The van der Waals surface area contributed by atoms with E-state index in [2.05, 4.69) is 10.7 Å². The Labute approximate surface area is 126 Å². The SMILES string of the molecule is Cc1cc(C(=O)Nc2c(Cl)cccc2Cl)ccc1NN. The molecule has 4 N–H and O–H groups in total. The van der Waals surface area contributed by atoms with Crippen molar-refractivity contribution in [3.05, 3.63) is 57.6 Å². The lowest BCUT2D eigenvalue weighted by Crippen LogP contribution is -2.14. The molecule has 4 nitrogen and oxygen atoms in total. The van der Waals surface area contributed by atoms with Crippen molar-refractivity contribution >= 4 is 40.5 Å². The van der Waals surface area contributed by atoms with Crippen LogP contribution in [0.3, 0.4) is 0 Å². The van der Waals surface area contributed by atoms with Gasteiger partial charge in [-0.1, -0.05) is 29.3 Å². The Bertz CT molecular complexity index is 639. The number of aryl methyl sites for hydroxylation is 1. The lowest BCUT2D eigenvalue weighted by Gasteiger charge is -2.11. The fraction of sp³-hybridized carbons (Fsp3) is 0.0714. The summed E-state index contributed by atoms with van der Waals surface area (Å²) in [5.41, 5.74) is 5.08. The van der Waals surface area contributed by atoms with Gasteiger partial charge in [-0.2, -0.15) is 0 Å². The van der Waals surface area contributed by atoms with Crippen molar-refractivity contribution in [2.45, 2.75) is 6.92 Å². The molecule has 0 aliphatic rings. The summed E-state index contributed by atoms with van der Waals surface area (Å²) in [5.74, 6) is 5.07. The first-order chi connectivity index (χ1) is 9.52. The molecule has 0 bridgehead atoms. The number of anilines is 2. The lowest BCUT2D eigenvalue weighted by molar-refractivity contribution is 0.102. The molecule has 0 radical (unpaired) electrons. The van der Waals surface area contributed by atoms with Crippen LogP contribution in [0.15, 0.2) is 36.4 Å². The number of hydrazine groups is 1. The normalized spacial score (nSPS) is 10.2. The molecule has 20 heavy (non-hydrogen) atoms. The Morgan fingerprint density at radius 3 is 2.35 bits per heavy atom. The summed E-state index contributed by atoms with van der Waals surface area (Å²) in [4.78, 5) is 12.2. The van der Waals surface area contributed by atoms with Gasteiger partial charge in [-0.25, -0.2) is 0 Å². The highest BCUT2D eigenvalue weighted by molar-refractivity contribution is 6.40.